The van der Waals surface area contributed by atoms with Crippen LogP contribution in [0.25, 0.3) is 0 Å². The van der Waals surface area contributed by atoms with Crippen molar-refractivity contribution in [3.8, 4) is 0 Å². The van der Waals surface area contributed by atoms with Gasteiger partial charge in [0.05, 0.1) is 0 Å². The number of hydrogen-bond acceptors (Lipinski definition) is 0. The smallest absolute Gasteiger partial charge is 0.0200 e. The lowest BCUT2D eigenvalue weighted by Crippen LogP contribution is -1.94. The molecule has 1 rings (SSSR count). The van der Waals surface area contributed by atoms with Crippen LogP contribution in [0.1, 0.15) is 26.7 Å². The summed E-state index contributed by atoms with van der Waals surface area (Å²) in [5.41, 5.74) is 0. The molecule has 0 aromatic rings. The Morgan fingerprint density at radius 1 is 1.38 bits per heavy atom. The second kappa shape index (κ2) is 2.46. The second-order valence-corrected chi connectivity index (χ2v) is 3.32. The van der Waals surface area contributed by atoms with Gasteiger partial charge >= 0.3 is 0 Å². The molecule has 1 aliphatic rings. The lowest BCUT2D eigenvalue weighted by molar-refractivity contribution is 1.19. The Bertz CT molecular complexity index is 119. The van der Waals surface area contributed by atoms with Gasteiger partial charge in [-0.15, -0.1) is 0 Å². The first-order valence-corrected chi connectivity index (χ1v) is 4.04. The molecule has 0 radical (unpaired) electrons. The maximum Gasteiger partial charge on any atom is -0.0200 e. The second-order valence-electron chi connectivity index (χ2n) is 1.95. The fourth-order valence-corrected chi connectivity index (χ4v) is 1.66. The van der Waals surface area contributed by atoms with Crippen molar-refractivity contribution in [1.82, 2.24) is 0 Å². The summed E-state index contributed by atoms with van der Waals surface area (Å²) in [6.45, 7) is 4.43. The molecule has 0 nitrogen and oxygen atoms in total. The van der Waals surface area contributed by atoms with Crippen molar-refractivity contribution in [3.05, 3.63) is 11.4 Å². The van der Waals surface area contributed by atoms with Crippen molar-refractivity contribution in [1.29, 1.82) is 0 Å². The molecule has 8 heavy (non-hydrogen) atoms. The van der Waals surface area contributed by atoms with Gasteiger partial charge in [0.1, 0.15) is 0 Å². The fourth-order valence-electron chi connectivity index (χ4n) is 0.737. The summed E-state index contributed by atoms with van der Waals surface area (Å²) < 4.78 is 0. The van der Waals surface area contributed by atoms with E-state index >= 15 is 0 Å². The van der Waals surface area contributed by atoms with E-state index in [4.69, 9.17) is 0 Å². The Morgan fingerprint density at radius 3 is 2.38 bits per heavy atom. The summed E-state index contributed by atoms with van der Waals surface area (Å²) in [7, 11) is 1.52. The van der Waals surface area contributed by atoms with Crippen LogP contribution in [-0.2, 0) is 0 Å². The first kappa shape index (κ1) is 6.04. The molecular formula is C7H11P. The van der Waals surface area contributed by atoms with Crippen molar-refractivity contribution in [2.45, 2.75) is 26.7 Å². The topological polar surface area (TPSA) is 0 Å². The van der Waals surface area contributed by atoms with Crippen LogP contribution in [0.4, 0.5) is 0 Å². The van der Waals surface area contributed by atoms with Gasteiger partial charge in [0.25, 0.3) is 0 Å². The van der Waals surface area contributed by atoms with E-state index in [0.29, 0.717) is 0 Å². The van der Waals surface area contributed by atoms with Gasteiger partial charge in [-0.2, -0.15) is 0 Å². The fraction of sp³-hybridized carbons (Fsp3) is 0.571. The monoisotopic (exact) mass is 126 g/mol. The SMILES string of the molecule is CCC1=CC(CC)=P1. The molecule has 0 aromatic carbocycles. The van der Waals surface area contributed by atoms with E-state index in [1.807, 2.05) is 0 Å². The maximum atomic E-state index is 2.32. The van der Waals surface area contributed by atoms with Gasteiger partial charge in [-0.3, -0.25) is 0 Å². The molecule has 0 atom stereocenters. The molecule has 1 heterocycles. The van der Waals surface area contributed by atoms with E-state index in [9.17, 15) is 0 Å². The van der Waals surface area contributed by atoms with Crippen LogP contribution in [0.2, 0.25) is 0 Å². The van der Waals surface area contributed by atoms with Crippen LogP contribution in [0, 0.1) is 0 Å². The van der Waals surface area contributed by atoms with Crippen LogP contribution >= 0.6 is 8.20 Å². The highest BCUT2D eigenvalue weighted by atomic mass is 31.1. The molecule has 0 aromatic heterocycles. The molecule has 0 amide bonds. The van der Waals surface area contributed by atoms with Crippen molar-refractivity contribution in [3.63, 3.8) is 0 Å². The number of hydrogen-bond donors (Lipinski definition) is 0. The highest BCUT2D eigenvalue weighted by Crippen LogP contribution is 2.29. The Labute approximate surface area is 52.4 Å². The molecular weight excluding hydrogens is 115 g/mol. The molecule has 0 bridgehead atoms. The molecule has 0 saturated heterocycles. The zero-order valence-electron chi connectivity index (χ0n) is 5.44. The van der Waals surface area contributed by atoms with Crippen molar-refractivity contribution in [2.75, 3.05) is 0 Å². The van der Waals surface area contributed by atoms with Gasteiger partial charge in [0.2, 0.25) is 0 Å². The maximum absolute atomic E-state index is 2.32. The van der Waals surface area contributed by atoms with Crippen LogP contribution in [0.15, 0.2) is 11.4 Å². The molecule has 0 N–H and O–H groups in total. The van der Waals surface area contributed by atoms with Gasteiger partial charge in [-0.05, 0) is 29.5 Å². The molecule has 1 aliphatic heterocycles. The summed E-state index contributed by atoms with van der Waals surface area (Å²) in [6, 6.07) is 0. The molecule has 0 saturated carbocycles. The van der Waals surface area contributed by atoms with Gasteiger partial charge in [-0.25, -0.2) is 0 Å². The lowest BCUT2D eigenvalue weighted by atomic mass is 10.3. The van der Waals surface area contributed by atoms with E-state index < -0.39 is 0 Å². The summed E-state index contributed by atoms with van der Waals surface area (Å²) in [5.74, 6) is 0. The molecule has 44 valence electrons. The summed E-state index contributed by atoms with van der Waals surface area (Å²) in [6.07, 6.45) is 4.80. The predicted molar refractivity (Wildman–Crippen MR) is 40.6 cm³/mol. The first-order valence-electron chi connectivity index (χ1n) is 3.15. The summed E-state index contributed by atoms with van der Waals surface area (Å²) in [5, 5.41) is 3.20. The van der Waals surface area contributed by atoms with Crippen LogP contribution in [0.3, 0.4) is 0 Å². The van der Waals surface area contributed by atoms with Crippen molar-refractivity contribution >= 4 is 13.5 Å². The molecule has 0 aliphatic carbocycles. The predicted octanol–water partition coefficient (Wildman–Crippen LogP) is 2.82. The minimum absolute atomic E-state index is 1.24. The van der Waals surface area contributed by atoms with E-state index in [-0.39, 0.29) is 0 Å². The third-order valence-electron chi connectivity index (χ3n) is 1.34. The van der Waals surface area contributed by atoms with Crippen molar-refractivity contribution in [2.24, 2.45) is 0 Å². The molecule has 1 heteroatoms. The van der Waals surface area contributed by atoms with Gasteiger partial charge in [-0.1, -0.05) is 22.1 Å². The Balaban J connectivity index is 2.34. The van der Waals surface area contributed by atoms with E-state index in [0.717, 1.165) is 0 Å². The van der Waals surface area contributed by atoms with Gasteiger partial charge in [0.15, 0.2) is 0 Å². The van der Waals surface area contributed by atoms with E-state index in [2.05, 4.69) is 19.9 Å². The molecule has 0 spiro atoms. The highest BCUT2D eigenvalue weighted by Gasteiger charge is 2.02. The Morgan fingerprint density at radius 2 is 2.00 bits per heavy atom. The zero-order valence-corrected chi connectivity index (χ0v) is 6.33. The first-order chi connectivity index (χ1) is 3.86. The van der Waals surface area contributed by atoms with E-state index in [1.54, 1.807) is 10.6 Å². The van der Waals surface area contributed by atoms with Crippen molar-refractivity contribution < 1.29 is 0 Å². The minimum Gasteiger partial charge on any atom is -0.0694 e. The van der Waals surface area contributed by atoms with Crippen LogP contribution < -0.4 is 0 Å². The van der Waals surface area contributed by atoms with Gasteiger partial charge in [0, 0.05) is 0 Å². The third-order valence-corrected chi connectivity index (χ3v) is 2.81. The summed E-state index contributed by atoms with van der Waals surface area (Å²) >= 11 is 0. The average molecular weight is 126 g/mol. The third kappa shape index (κ3) is 1.00. The van der Waals surface area contributed by atoms with Crippen LogP contribution in [-0.4, -0.2) is 5.29 Å². The zero-order chi connectivity index (χ0) is 5.98. The highest BCUT2D eigenvalue weighted by molar-refractivity contribution is 7.48. The normalized spacial score (nSPS) is 18.8. The van der Waals surface area contributed by atoms with E-state index in [1.165, 1.54) is 21.0 Å². The largest absolute Gasteiger partial charge is 0.0694 e. The average Bonchev–Trinajstić information content (AvgIpc) is 1.65. The Kier molecular flexibility index (Phi) is 1.85. The number of allylic oxidation sites excluding steroid dienone is 2. The van der Waals surface area contributed by atoms with Gasteiger partial charge < -0.3 is 0 Å². The Hall–Kier alpha value is -0.0900. The minimum atomic E-state index is 1.24. The summed E-state index contributed by atoms with van der Waals surface area (Å²) in [4.78, 5) is 0. The quantitative estimate of drug-likeness (QED) is 0.499. The molecule has 0 fully saturated rings. The van der Waals surface area contributed by atoms with Crippen LogP contribution in [0.5, 0.6) is 0 Å². The standard InChI is InChI=1S/C7H11P/c1-3-6-5-7(4-2)8-6/h5H,3-4H2,1-2H3. The molecule has 0 unspecified atom stereocenters. The lowest BCUT2D eigenvalue weighted by Gasteiger charge is -2.09. The number of rotatable bonds is 2.